The molecule has 6 rings (SSSR count). The van der Waals surface area contributed by atoms with Gasteiger partial charge in [0.15, 0.2) is 30.1 Å². The first-order chi connectivity index (χ1) is 20.4. The molecule has 2 saturated carbocycles. The molecular weight excluding hydrogens is 564 g/mol. The van der Waals surface area contributed by atoms with Gasteiger partial charge in [-0.2, -0.15) is 0 Å². The molecule has 5 unspecified atom stereocenters. The Kier molecular flexibility index (Phi) is 7.22. The number of aldehydes is 1. The molecule has 44 heavy (non-hydrogen) atoms. The van der Waals surface area contributed by atoms with E-state index >= 15 is 0 Å². The van der Waals surface area contributed by atoms with E-state index < -0.39 is 52.8 Å². The van der Waals surface area contributed by atoms with Crippen LogP contribution >= 0.6 is 0 Å². The van der Waals surface area contributed by atoms with E-state index in [1.165, 1.54) is 13.8 Å². The minimum absolute atomic E-state index is 0.102. The predicted octanol–water partition coefficient (Wildman–Crippen LogP) is 5.18. The van der Waals surface area contributed by atoms with Crippen molar-refractivity contribution < 1.29 is 43.2 Å². The minimum atomic E-state index is -1.93. The second-order valence-electron chi connectivity index (χ2n) is 16.2. The highest BCUT2D eigenvalue weighted by Gasteiger charge is 2.76. The molecular formula is C35H50O9. The quantitative estimate of drug-likeness (QED) is 0.260. The number of rotatable bonds is 4. The number of aliphatic hydroxyl groups is 1. The second-order valence-corrected chi connectivity index (χ2v) is 16.2. The maximum atomic E-state index is 13.1. The van der Waals surface area contributed by atoms with Crippen LogP contribution in [-0.4, -0.2) is 65.4 Å². The SMILES string of the molecule is CC(=O)O[C@@H]1C=C(C2OC3OC(C)C4=C[C@@H](OC(C)=O)C5C(C)(C)CCC[C@]5(C)[C@]43O2)[C@@](O)(C=O)[C@@]2(C)CCCC(C)(C)C12. The highest BCUT2D eigenvalue weighted by atomic mass is 16.8. The molecule has 9 nitrogen and oxygen atoms in total. The van der Waals surface area contributed by atoms with E-state index in [0.29, 0.717) is 12.7 Å². The summed E-state index contributed by atoms with van der Waals surface area (Å²) in [6, 6.07) is 0. The van der Waals surface area contributed by atoms with Crippen molar-refractivity contribution in [2.24, 2.45) is 33.5 Å². The van der Waals surface area contributed by atoms with Gasteiger partial charge in [0.1, 0.15) is 12.2 Å². The van der Waals surface area contributed by atoms with Gasteiger partial charge in [-0.1, -0.05) is 54.4 Å². The topological polar surface area (TPSA) is 118 Å². The van der Waals surface area contributed by atoms with Crippen molar-refractivity contribution in [3.63, 3.8) is 0 Å². The Morgan fingerprint density at radius 3 is 1.84 bits per heavy atom. The number of hydrogen-bond donors (Lipinski definition) is 1. The summed E-state index contributed by atoms with van der Waals surface area (Å²) >= 11 is 0. The summed E-state index contributed by atoms with van der Waals surface area (Å²) in [6.07, 6.45) is 5.86. The fourth-order valence-electron chi connectivity index (χ4n) is 11.2. The van der Waals surface area contributed by atoms with E-state index in [1.807, 2.05) is 19.9 Å². The molecule has 2 saturated heterocycles. The maximum absolute atomic E-state index is 13.1. The first-order valence-corrected chi connectivity index (χ1v) is 16.3. The Bertz CT molecular complexity index is 1310. The second kappa shape index (κ2) is 9.96. The zero-order valence-corrected chi connectivity index (χ0v) is 27.7. The average molecular weight is 615 g/mol. The van der Waals surface area contributed by atoms with Gasteiger partial charge in [0.05, 0.1) is 6.10 Å². The van der Waals surface area contributed by atoms with Gasteiger partial charge in [0, 0.05) is 42.1 Å². The number of fused-ring (bicyclic) bond motifs is 2. The summed E-state index contributed by atoms with van der Waals surface area (Å²) in [5, 5.41) is 12.5. The Hall–Kier alpha value is -2.07. The van der Waals surface area contributed by atoms with Crippen LogP contribution in [0.4, 0.5) is 0 Å². The minimum Gasteiger partial charge on any atom is -0.458 e. The molecule has 0 radical (unpaired) electrons. The van der Waals surface area contributed by atoms with Gasteiger partial charge in [0.2, 0.25) is 0 Å². The Morgan fingerprint density at radius 1 is 0.818 bits per heavy atom. The highest BCUT2D eigenvalue weighted by molar-refractivity contribution is 5.73. The van der Waals surface area contributed by atoms with Crippen LogP contribution in [0.2, 0.25) is 0 Å². The first kappa shape index (κ1) is 31.9. The van der Waals surface area contributed by atoms with Gasteiger partial charge in [-0.05, 0) is 61.2 Å². The van der Waals surface area contributed by atoms with Crippen molar-refractivity contribution in [2.75, 3.05) is 0 Å². The van der Waals surface area contributed by atoms with E-state index in [1.54, 1.807) is 6.08 Å². The van der Waals surface area contributed by atoms with Crippen LogP contribution in [0.15, 0.2) is 23.3 Å². The van der Waals surface area contributed by atoms with Crippen LogP contribution in [0.3, 0.4) is 0 Å². The smallest absolute Gasteiger partial charge is 0.303 e. The van der Waals surface area contributed by atoms with E-state index in [9.17, 15) is 19.5 Å². The molecule has 4 fully saturated rings. The van der Waals surface area contributed by atoms with Crippen molar-refractivity contribution in [1.82, 2.24) is 0 Å². The summed E-state index contributed by atoms with van der Waals surface area (Å²) in [6.45, 7) is 17.5. The van der Waals surface area contributed by atoms with Crippen molar-refractivity contribution in [3.8, 4) is 0 Å². The summed E-state index contributed by atoms with van der Waals surface area (Å²) < 4.78 is 32.2. The largest absolute Gasteiger partial charge is 0.458 e. The van der Waals surface area contributed by atoms with Gasteiger partial charge in [-0.3, -0.25) is 14.4 Å². The van der Waals surface area contributed by atoms with Gasteiger partial charge in [-0.25, -0.2) is 0 Å². The summed E-state index contributed by atoms with van der Waals surface area (Å²) in [5.41, 5.74) is -3.86. The fraction of sp³-hybridized carbons (Fsp3) is 0.800. The molecule has 1 spiro atoms. The summed E-state index contributed by atoms with van der Waals surface area (Å²) in [4.78, 5) is 37.9. The third-order valence-electron chi connectivity index (χ3n) is 12.7. The van der Waals surface area contributed by atoms with Crippen molar-refractivity contribution >= 4 is 18.2 Å². The van der Waals surface area contributed by atoms with Gasteiger partial charge >= 0.3 is 11.9 Å². The zero-order chi connectivity index (χ0) is 32.3. The van der Waals surface area contributed by atoms with Crippen LogP contribution in [0.1, 0.15) is 101 Å². The van der Waals surface area contributed by atoms with E-state index in [-0.39, 0.29) is 40.3 Å². The van der Waals surface area contributed by atoms with E-state index in [2.05, 4.69) is 34.6 Å². The van der Waals surface area contributed by atoms with Crippen LogP contribution in [0.5, 0.6) is 0 Å². The molecule has 0 aromatic carbocycles. The van der Waals surface area contributed by atoms with Crippen LogP contribution < -0.4 is 0 Å². The molecule has 0 amide bonds. The number of ether oxygens (including phenoxy) is 5. The third kappa shape index (κ3) is 4.07. The van der Waals surface area contributed by atoms with Crippen LogP contribution in [0, 0.1) is 33.5 Å². The molecule has 6 aliphatic rings. The third-order valence-corrected chi connectivity index (χ3v) is 12.7. The Labute approximate surface area is 261 Å². The number of hydrogen-bond acceptors (Lipinski definition) is 9. The van der Waals surface area contributed by atoms with Gasteiger partial charge in [-0.15, -0.1) is 0 Å². The van der Waals surface area contributed by atoms with Crippen LogP contribution in [0.25, 0.3) is 0 Å². The molecule has 4 aliphatic carbocycles. The van der Waals surface area contributed by atoms with Crippen molar-refractivity contribution in [1.29, 1.82) is 0 Å². The number of esters is 2. The van der Waals surface area contributed by atoms with E-state index in [4.69, 9.17) is 23.7 Å². The Balaban J connectivity index is 1.50. The lowest BCUT2D eigenvalue weighted by Crippen LogP contribution is -2.66. The molecule has 2 heterocycles. The molecule has 0 bridgehead atoms. The number of carbonyl (C=O) groups is 3. The normalized spacial score (nSPS) is 48.5. The Morgan fingerprint density at radius 2 is 1.32 bits per heavy atom. The molecule has 1 N–H and O–H groups in total. The highest BCUT2D eigenvalue weighted by Crippen LogP contribution is 2.70. The molecule has 2 aliphatic heterocycles. The molecule has 244 valence electrons. The van der Waals surface area contributed by atoms with Crippen molar-refractivity contribution in [2.45, 2.75) is 143 Å². The van der Waals surface area contributed by atoms with Crippen molar-refractivity contribution in [3.05, 3.63) is 23.3 Å². The van der Waals surface area contributed by atoms with Gasteiger partial charge < -0.3 is 28.8 Å². The molecule has 11 atom stereocenters. The maximum Gasteiger partial charge on any atom is 0.303 e. The lowest BCUT2D eigenvalue weighted by molar-refractivity contribution is -0.210. The lowest BCUT2D eigenvalue weighted by atomic mass is 9.46. The predicted molar refractivity (Wildman–Crippen MR) is 160 cm³/mol. The monoisotopic (exact) mass is 614 g/mol. The standard InChI is InChI=1S/C35H50O9/c1-19-22-16-24(41-20(2)37)27-31(6,7)13-11-15-33(27,9)35(22)29(40-19)43-28(44-35)23-17-25(42-21(3)38)26-30(4,5)12-10-14-32(26,8)34(23,39)18-36/h16-19,24-29,39H,10-15H2,1-9H3/t19?,24-,25-,26?,27?,28?,29?,32+,33+,34+,35+/m1/s1. The van der Waals surface area contributed by atoms with E-state index in [0.717, 1.165) is 37.7 Å². The molecule has 9 heteroatoms. The zero-order valence-electron chi connectivity index (χ0n) is 27.7. The fourth-order valence-corrected chi connectivity index (χ4v) is 11.2. The lowest BCUT2D eigenvalue weighted by Gasteiger charge is -2.61. The average Bonchev–Trinajstić information content (AvgIpc) is 3.38. The van der Waals surface area contributed by atoms with Gasteiger partial charge in [0.25, 0.3) is 0 Å². The summed E-state index contributed by atoms with van der Waals surface area (Å²) in [7, 11) is 0. The van der Waals surface area contributed by atoms with Crippen LogP contribution in [-0.2, 0) is 38.1 Å². The number of carbonyl (C=O) groups excluding carboxylic acids is 3. The molecule has 0 aromatic heterocycles. The first-order valence-electron chi connectivity index (χ1n) is 16.3. The molecule has 0 aromatic rings. The summed E-state index contributed by atoms with van der Waals surface area (Å²) in [5.74, 6) is -1.18.